The van der Waals surface area contributed by atoms with Gasteiger partial charge in [0.25, 0.3) is 0 Å². The van der Waals surface area contributed by atoms with E-state index in [1.807, 2.05) is 4.90 Å². The van der Waals surface area contributed by atoms with Gasteiger partial charge in [-0.3, -0.25) is 4.79 Å². The lowest BCUT2D eigenvalue weighted by atomic mass is 10.1. The van der Waals surface area contributed by atoms with Crippen molar-refractivity contribution in [3.8, 4) is 0 Å². The number of nitrogens with zero attached hydrogens (tertiary/aromatic N) is 3. The van der Waals surface area contributed by atoms with Crippen LogP contribution in [0.15, 0.2) is 22.5 Å². The van der Waals surface area contributed by atoms with Gasteiger partial charge in [-0.15, -0.1) is 10.2 Å². The molecule has 1 amide bonds. The quantitative estimate of drug-likeness (QED) is 0.837. The maximum absolute atomic E-state index is 12.0. The molecule has 1 N–H and O–H groups in total. The van der Waals surface area contributed by atoms with Crippen LogP contribution in [0, 0.1) is 13.8 Å². The lowest BCUT2D eigenvalue weighted by Crippen LogP contribution is -2.29. The maximum Gasteiger partial charge on any atom is 0.233 e. The number of anilines is 2. The maximum atomic E-state index is 12.0. The minimum atomic E-state index is 0.201. The van der Waals surface area contributed by atoms with E-state index in [4.69, 9.17) is 0 Å². The molecule has 1 aliphatic rings. The van der Waals surface area contributed by atoms with Crippen LogP contribution in [0.1, 0.15) is 24.0 Å². The molecule has 0 aliphatic carbocycles. The van der Waals surface area contributed by atoms with Gasteiger partial charge in [0, 0.05) is 18.8 Å². The van der Waals surface area contributed by atoms with Crippen molar-refractivity contribution in [1.82, 2.24) is 15.1 Å². The number of carbonyl (C=O) groups is 1. The normalized spacial score (nSPS) is 14.3. The molecule has 5 nitrogen and oxygen atoms in total. The molecule has 2 aromatic rings. The van der Waals surface area contributed by atoms with Crippen molar-refractivity contribution in [2.24, 2.45) is 0 Å². The molecule has 0 radical (unpaired) electrons. The van der Waals surface area contributed by atoms with Crippen LogP contribution in [0.25, 0.3) is 0 Å². The first kappa shape index (κ1) is 16.3. The van der Waals surface area contributed by atoms with Crippen molar-refractivity contribution < 1.29 is 4.79 Å². The molecule has 7 heteroatoms. The second kappa shape index (κ2) is 7.31. The fraction of sp³-hybridized carbons (Fsp3) is 0.438. The highest BCUT2D eigenvalue weighted by Gasteiger charge is 2.18. The first-order valence-electron chi connectivity index (χ1n) is 7.70. The summed E-state index contributed by atoms with van der Waals surface area (Å²) in [5.74, 6) is 0.643. The summed E-state index contributed by atoms with van der Waals surface area (Å²) in [6, 6.07) is 6.25. The zero-order valence-electron chi connectivity index (χ0n) is 13.3. The molecule has 2 heterocycles. The van der Waals surface area contributed by atoms with Crippen LogP contribution in [-0.2, 0) is 4.79 Å². The van der Waals surface area contributed by atoms with Gasteiger partial charge in [0.15, 0.2) is 4.34 Å². The number of aryl methyl sites for hydroxylation is 2. The number of hydrogen-bond donors (Lipinski definition) is 1. The summed E-state index contributed by atoms with van der Waals surface area (Å²) in [6.07, 6.45) is 2.25. The summed E-state index contributed by atoms with van der Waals surface area (Å²) >= 11 is 2.95. The second-order valence-electron chi connectivity index (χ2n) is 5.69. The number of amides is 1. The molecular formula is C16H20N4OS2. The van der Waals surface area contributed by atoms with E-state index in [1.165, 1.54) is 34.2 Å². The minimum absolute atomic E-state index is 0.201. The van der Waals surface area contributed by atoms with Gasteiger partial charge in [-0.05, 0) is 38.3 Å². The van der Waals surface area contributed by atoms with Crippen LogP contribution >= 0.6 is 23.1 Å². The molecule has 1 aromatic heterocycles. The molecule has 122 valence electrons. The summed E-state index contributed by atoms with van der Waals surface area (Å²) in [7, 11) is 0. The Morgan fingerprint density at radius 2 is 2.09 bits per heavy atom. The molecule has 1 fully saturated rings. The molecule has 0 unspecified atom stereocenters. The molecule has 0 saturated carbocycles. The molecule has 0 spiro atoms. The predicted octanol–water partition coefficient (Wildman–Crippen LogP) is 3.61. The van der Waals surface area contributed by atoms with Crippen LogP contribution in [-0.4, -0.2) is 39.8 Å². The Bertz CT molecular complexity index is 695. The number of carbonyl (C=O) groups excluding carboxylic acids is 1. The van der Waals surface area contributed by atoms with Gasteiger partial charge < -0.3 is 10.2 Å². The van der Waals surface area contributed by atoms with Crippen molar-refractivity contribution in [1.29, 1.82) is 0 Å². The van der Waals surface area contributed by atoms with Crippen molar-refractivity contribution in [3.05, 3.63) is 29.3 Å². The molecular weight excluding hydrogens is 328 g/mol. The van der Waals surface area contributed by atoms with Crippen LogP contribution in [0.3, 0.4) is 0 Å². The summed E-state index contributed by atoms with van der Waals surface area (Å²) in [6.45, 7) is 5.94. The van der Waals surface area contributed by atoms with E-state index in [-0.39, 0.29) is 5.91 Å². The van der Waals surface area contributed by atoms with Crippen LogP contribution in [0.4, 0.5) is 10.8 Å². The van der Waals surface area contributed by atoms with Gasteiger partial charge in [-0.2, -0.15) is 0 Å². The molecule has 1 aromatic carbocycles. The van der Waals surface area contributed by atoms with Gasteiger partial charge in [0.2, 0.25) is 11.0 Å². The standard InChI is InChI=1S/C16H20N4OS2/c1-11-5-6-13(12(2)9-11)17-15-18-19-16(23-15)22-10-14(21)20-7-3-4-8-20/h5-6,9H,3-4,7-8,10H2,1-2H3,(H,17,18). The largest absolute Gasteiger partial charge is 0.342 e. The minimum Gasteiger partial charge on any atom is -0.342 e. The van der Waals surface area contributed by atoms with E-state index < -0.39 is 0 Å². The molecule has 23 heavy (non-hydrogen) atoms. The SMILES string of the molecule is Cc1ccc(Nc2nnc(SCC(=O)N3CCCC3)s2)c(C)c1. The molecule has 0 atom stereocenters. The number of thioether (sulfide) groups is 1. The van der Waals surface area contributed by atoms with E-state index >= 15 is 0 Å². The fourth-order valence-corrected chi connectivity index (χ4v) is 4.24. The summed E-state index contributed by atoms with van der Waals surface area (Å²) in [5, 5.41) is 12.4. The van der Waals surface area contributed by atoms with E-state index in [0.29, 0.717) is 5.75 Å². The summed E-state index contributed by atoms with van der Waals surface area (Å²) < 4.78 is 0.824. The van der Waals surface area contributed by atoms with Crippen LogP contribution in [0.5, 0.6) is 0 Å². The average molecular weight is 348 g/mol. The van der Waals surface area contributed by atoms with Gasteiger partial charge >= 0.3 is 0 Å². The second-order valence-corrected chi connectivity index (χ2v) is 7.89. The number of nitrogens with one attached hydrogen (secondary N) is 1. The van der Waals surface area contributed by atoms with Gasteiger partial charge in [0.1, 0.15) is 0 Å². The summed E-state index contributed by atoms with van der Waals surface area (Å²) in [5.41, 5.74) is 3.46. The molecule has 1 saturated heterocycles. The Hall–Kier alpha value is -1.60. The van der Waals surface area contributed by atoms with Crippen LogP contribution < -0.4 is 5.32 Å². The third-order valence-corrected chi connectivity index (χ3v) is 5.76. The van der Waals surface area contributed by atoms with E-state index in [1.54, 1.807) is 0 Å². The smallest absolute Gasteiger partial charge is 0.233 e. The number of rotatable bonds is 5. The van der Waals surface area contributed by atoms with Crippen molar-refractivity contribution in [3.63, 3.8) is 0 Å². The van der Waals surface area contributed by atoms with Crippen LogP contribution in [0.2, 0.25) is 0 Å². The monoisotopic (exact) mass is 348 g/mol. The van der Waals surface area contributed by atoms with Crippen molar-refractivity contribution in [2.45, 2.75) is 31.0 Å². The molecule has 0 bridgehead atoms. The van der Waals surface area contributed by atoms with Crippen molar-refractivity contribution >= 4 is 39.8 Å². The van der Waals surface area contributed by atoms with Gasteiger partial charge in [-0.1, -0.05) is 40.8 Å². The number of aromatic nitrogens is 2. The topological polar surface area (TPSA) is 58.1 Å². The van der Waals surface area contributed by atoms with Gasteiger partial charge in [-0.25, -0.2) is 0 Å². The van der Waals surface area contributed by atoms with E-state index in [9.17, 15) is 4.79 Å². The number of hydrogen-bond acceptors (Lipinski definition) is 6. The third kappa shape index (κ3) is 4.23. The fourth-order valence-electron chi connectivity index (χ4n) is 2.57. The Kier molecular flexibility index (Phi) is 5.17. The Labute approximate surface area is 144 Å². The first-order valence-corrected chi connectivity index (χ1v) is 9.50. The van der Waals surface area contributed by atoms with Gasteiger partial charge in [0.05, 0.1) is 5.75 Å². The molecule has 3 rings (SSSR count). The third-order valence-electron chi connectivity index (χ3n) is 3.81. The number of likely N-dealkylation sites (tertiary alicyclic amines) is 1. The lowest BCUT2D eigenvalue weighted by molar-refractivity contribution is -0.127. The number of benzene rings is 1. The zero-order valence-corrected chi connectivity index (χ0v) is 15.0. The average Bonchev–Trinajstić information content (AvgIpc) is 3.19. The Morgan fingerprint density at radius 1 is 1.30 bits per heavy atom. The highest BCUT2D eigenvalue weighted by Crippen LogP contribution is 2.29. The lowest BCUT2D eigenvalue weighted by Gasteiger charge is -2.13. The van der Waals surface area contributed by atoms with Crippen molar-refractivity contribution in [2.75, 3.05) is 24.2 Å². The van der Waals surface area contributed by atoms with E-state index in [0.717, 1.165) is 41.1 Å². The van der Waals surface area contributed by atoms with E-state index in [2.05, 4.69) is 47.6 Å². The first-order chi connectivity index (χ1) is 11.1. The molecule has 1 aliphatic heterocycles. The highest BCUT2D eigenvalue weighted by atomic mass is 32.2. The Balaban J connectivity index is 1.56. The predicted molar refractivity (Wildman–Crippen MR) is 95.6 cm³/mol. The Morgan fingerprint density at radius 3 is 2.83 bits per heavy atom. The summed E-state index contributed by atoms with van der Waals surface area (Å²) in [4.78, 5) is 14.0. The highest BCUT2D eigenvalue weighted by molar-refractivity contribution is 8.01. The zero-order chi connectivity index (χ0) is 16.2.